The molecule has 0 spiro atoms. The maximum atomic E-state index is 12.3. The Morgan fingerprint density at radius 2 is 0.852 bits per heavy atom. The van der Waals surface area contributed by atoms with E-state index in [1.54, 1.807) is 0 Å². The van der Waals surface area contributed by atoms with Crippen LogP contribution >= 0.6 is 7.82 Å². The van der Waals surface area contributed by atoms with Crippen LogP contribution in [-0.2, 0) is 32.7 Å². The topological polar surface area (TPSA) is 149 Å². The van der Waals surface area contributed by atoms with Gasteiger partial charge in [-0.3, -0.25) is 18.6 Å². The van der Waals surface area contributed by atoms with Crippen molar-refractivity contribution in [1.82, 2.24) is 0 Å². The molecule has 0 aliphatic heterocycles. The van der Waals surface area contributed by atoms with Crippen molar-refractivity contribution < 1.29 is 47.8 Å². The summed E-state index contributed by atoms with van der Waals surface area (Å²) in [6.07, 6.45) is 39.7. The molecule has 0 amide bonds. The van der Waals surface area contributed by atoms with E-state index in [-0.39, 0.29) is 12.8 Å². The zero-order chi connectivity index (χ0) is 39.8. The first-order chi connectivity index (χ1) is 26.3. The number of aliphatic hydroxyl groups excluding tert-OH is 2. The molecule has 0 radical (unpaired) electrons. The molecule has 0 fully saturated rings. The van der Waals surface area contributed by atoms with E-state index in [1.807, 2.05) is 0 Å². The average molecular weight is 787 g/mol. The van der Waals surface area contributed by atoms with Crippen LogP contribution in [0.2, 0.25) is 0 Å². The van der Waals surface area contributed by atoms with Gasteiger partial charge in [0.25, 0.3) is 0 Å². The number of phosphoric acid groups is 1. The summed E-state index contributed by atoms with van der Waals surface area (Å²) in [5, 5.41) is 19.1. The van der Waals surface area contributed by atoms with Crippen LogP contribution in [0, 0.1) is 0 Å². The summed E-state index contributed by atoms with van der Waals surface area (Å²) < 4.78 is 32.5. The van der Waals surface area contributed by atoms with Gasteiger partial charge >= 0.3 is 19.8 Å². The van der Waals surface area contributed by atoms with Crippen molar-refractivity contribution in [3.63, 3.8) is 0 Å². The second-order valence-electron chi connectivity index (χ2n) is 14.3. The molecule has 0 aliphatic carbocycles. The molecule has 3 atom stereocenters. The van der Waals surface area contributed by atoms with Gasteiger partial charge < -0.3 is 24.6 Å². The Hall–Kier alpha value is -1.81. The maximum absolute atomic E-state index is 12.3. The van der Waals surface area contributed by atoms with E-state index in [0.717, 1.165) is 70.6 Å². The molecular formula is C43H79O10P. The van der Waals surface area contributed by atoms with Gasteiger partial charge in [-0.2, -0.15) is 0 Å². The molecule has 0 rings (SSSR count). The summed E-state index contributed by atoms with van der Waals surface area (Å²) in [5.41, 5.74) is 0. The number of unbranched alkanes of at least 4 members (excludes halogenated alkanes) is 20. The number of allylic oxidation sites excluding steroid dienone is 6. The molecule has 0 aromatic carbocycles. The Balaban J connectivity index is 3.93. The highest BCUT2D eigenvalue weighted by Gasteiger charge is 2.27. The van der Waals surface area contributed by atoms with Gasteiger partial charge in [-0.25, -0.2) is 4.57 Å². The number of aliphatic hydroxyl groups is 2. The number of phosphoric ester groups is 1. The van der Waals surface area contributed by atoms with Gasteiger partial charge in [0.2, 0.25) is 0 Å². The lowest BCUT2D eigenvalue weighted by molar-refractivity contribution is -0.153. The quantitative estimate of drug-likeness (QED) is 0.0237. The highest BCUT2D eigenvalue weighted by Crippen LogP contribution is 2.43. The van der Waals surface area contributed by atoms with Crippen LogP contribution in [0.15, 0.2) is 36.5 Å². The Labute approximate surface area is 329 Å². The molecule has 11 heteroatoms. The van der Waals surface area contributed by atoms with E-state index < -0.39 is 58.4 Å². The van der Waals surface area contributed by atoms with Crippen LogP contribution in [0.3, 0.4) is 0 Å². The minimum absolute atomic E-state index is 0.175. The number of ether oxygens (including phenoxy) is 2. The number of hydrogen-bond donors (Lipinski definition) is 3. The summed E-state index contributed by atoms with van der Waals surface area (Å²) >= 11 is 0. The summed E-state index contributed by atoms with van der Waals surface area (Å²) in [5.74, 6) is -1.04. The van der Waals surface area contributed by atoms with Crippen LogP contribution in [-0.4, -0.2) is 65.7 Å². The predicted molar refractivity (Wildman–Crippen MR) is 219 cm³/mol. The van der Waals surface area contributed by atoms with E-state index in [2.05, 4.69) is 50.3 Å². The Morgan fingerprint density at radius 3 is 1.24 bits per heavy atom. The molecule has 0 aromatic rings. The summed E-state index contributed by atoms with van der Waals surface area (Å²) in [6.45, 7) is 2.12. The highest BCUT2D eigenvalue weighted by molar-refractivity contribution is 7.47. The fourth-order valence-electron chi connectivity index (χ4n) is 5.74. The van der Waals surface area contributed by atoms with Gasteiger partial charge in [-0.1, -0.05) is 147 Å². The van der Waals surface area contributed by atoms with Gasteiger partial charge in [0.15, 0.2) is 0 Å². The normalized spacial score (nSPS) is 14.2. The zero-order valence-electron chi connectivity index (χ0n) is 34.2. The van der Waals surface area contributed by atoms with Crippen LogP contribution < -0.4 is 0 Å². The number of rotatable bonds is 40. The fourth-order valence-corrected chi connectivity index (χ4v) is 6.52. The van der Waals surface area contributed by atoms with Crippen molar-refractivity contribution in [2.45, 2.75) is 199 Å². The minimum Gasteiger partial charge on any atom is -0.457 e. The van der Waals surface area contributed by atoms with E-state index in [9.17, 15) is 29.3 Å². The summed E-state index contributed by atoms with van der Waals surface area (Å²) in [4.78, 5) is 34.5. The Bertz CT molecular complexity index is 999. The first-order valence-electron chi connectivity index (χ1n) is 21.4. The molecule has 54 heavy (non-hydrogen) atoms. The zero-order valence-corrected chi connectivity index (χ0v) is 35.1. The lowest BCUT2D eigenvalue weighted by atomic mass is 10.1. The molecule has 0 saturated carbocycles. The van der Waals surface area contributed by atoms with E-state index in [4.69, 9.17) is 18.5 Å². The monoisotopic (exact) mass is 787 g/mol. The van der Waals surface area contributed by atoms with Crippen molar-refractivity contribution in [3.05, 3.63) is 36.5 Å². The third kappa shape index (κ3) is 37.1. The van der Waals surface area contributed by atoms with E-state index >= 15 is 0 Å². The lowest BCUT2D eigenvalue weighted by Crippen LogP contribution is -2.28. The molecule has 0 aliphatic rings. The number of esters is 2. The molecule has 3 N–H and O–H groups in total. The third-order valence-electron chi connectivity index (χ3n) is 9.06. The van der Waals surface area contributed by atoms with Crippen LogP contribution in [0.1, 0.15) is 187 Å². The molecule has 3 unspecified atom stereocenters. The molecule has 0 bridgehead atoms. The molecule has 0 saturated heterocycles. The predicted octanol–water partition coefficient (Wildman–Crippen LogP) is 11.2. The van der Waals surface area contributed by atoms with Crippen LogP contribution in [0.4, 0.5) is 0 Å². The smallest absolute Gasteiger partial charge is 0.457 e. The fraction of sp³-hybridized carbons (Fsp3) is 0.814. The SMILES string of the molecule is CCC/C=C\C/C=C\CCCCCCCC(=O)OC(CO)COP(=O)(O)OCC(CO)OC(=O)CCCCCCCCC/C=C\CCCCCCCCC. The van der Waals surface area contributed by atoms with Crippen molar-refractivity contribution in [2.24, 2.45) is 0 Å². The van der Waals surface area contributed by atoms with E-state index in [1.165, 1.54) is 77.0 Å². The van der Waals surface area contributed by atoms with E-state index in [0.29, 0.717) is 12.8 Å². The minimum atomic E-state index is -4.64. The number of carbonyl (C=O) groups excluding carboxylic acids is 2. The van der Waals surface area contributed by atoms with Gasteiger partial charge in [-0.15, -0.1) is 0 Å². The van der Waals surface area contributed by atoms with Crippen molar-refractivity contribution in [2.75, 3.05) is 26.4 Å². The summed E-state index contributed by atoms with van der Waals surface area (Å²) in [7, 11) is -4.64. The van der Waals surface area contributed by atoms with Gasteiger partial charge in [0.05, 0.1) is 26.4 Å². The third-order valence-corrected chi connectivity index (χ3v) is 10.0. The van der Waals surface area contributed by atoms with Gasteiger partial charge in [0.1, 0.15) is 12.2 Å². The Morgan fingerprint density at radius 1 is 0.500 bits per heavy atom. The lowest BCUT2D eigenvalue weighted by Gasteiger charge is -2.20. The average Bonchev–Trinajstić information content (AvgIpc) is 3.16. The second-order valence-corrected chi connectivity index (χ2v) is 15.8. The molecule has 0 heterocycles. The number of carbonyl (C=O) groups is 2. The van der Waals surface area contributed by atoms with Gasteiger partial charge in [0, 0.05) is 12.8 Å². The van der Waals surface area contributed by atoms with Crippen molar-refractivity contribution in [1.29, 1.82) is 0 Å². The van der Waals surface area contributed by atoms with Crippen LogP contribution in [0.25, 0.3) is 0 Å². The molecule has 10 nitrogen and oxygen atoms in total. The standard InChI is InChI=1S/C43H79O10P/c1-3-5-7-9-11-13-15-17-18-19-20-21-23-25-27-29-31-33-35-43(47)53-41(37-45)39-51-54(48,49)50-38-40(36-44)52-42(46)34-32-30-28-26-24-22-16-14-12-10-8-6-4-2/h8,10,14,16,18-19,40-41,44-45H,3-7,9,11-13,15,17,20-39H2,1-2H3,(H,48,49)/b10-8-,16-14-,19-18-. The molecular weight excluding hydrogens is 707 g/mol. The Kier molecular flexibility index (Phi) is 38.1. The van der Waals surface area contributed by atoms with Crippen LogP contribution in [0.5, 0.6) is 0 Å². The molecule has 316 valence electrons. The number of hydrogen-bond acceptors (Lipinski definition) is 9. The van der Waals surface area contributed by atoms with Crippen molar-refractivity contribution in [3.8, 4) is 0 Å². The van der Waals surface area contributed by atoms with Gasteiger partial charge in [-0.05, 0) is 64.2 Å². The first-order valence-corrected chi connectivity index (χ1v) is 22.9. The first kappa shape index (κ1) is 52.2. The highest BCUT2D eigenvalue weighted by atomic mass is 31.2. The summed E-state index contributed by atoms with van der Waals surface area (Å²) in [6, 6.07) is 0. The largest absolute Gasteiger partial charge is 0.472 e. The van der Waals surface area contributed by atoms with Crippen molar-refractivity contribution >= 4 is 19.8 Å². The maximum Gasteiger partial charge on any atom is 0.472 e. The second kappa shape index (κ2) is 39.4. The molecule has 0 aromatic heterocycles.